The second-order valence-electron chi connectivity index (χ2n) is 5.10. The molecule has 2 heteroatoms. The molecular formula is C16H25BrO. The van der Waals surface area contributed by atoms with E-state index in [1.54, 1.807) is 0 Å². The summed E-state index contributed by atoms with van der Waals surface area (Å²) in [5.74, 6) is 1.54. The summed E-state index contributed by atoms with van der Waals surface area (Å²) in [4.78, 5) is 0. The van der Waals surface area contributed by atoms with Gasteiger partial charge in [-0.25, -0.2) is 0 Å². The molecule has 0 unspecified atom stereocenters. The molecule has 0 aliphatic heterocycles. The van der Waals surface area contributed by atoms with Crippen LogP contribution in [0.2, 0.25) is 0 Å². The zero-order chi connectivity index (χ0) is 13.4. The van der Waals surface area contributed by atoms with Crippen molar-refractivity contribution in [1.29, 1.82) is 0 Å². The fourth-order valence-electron chi connectivity index (χ4n) is 1.99. The van der Waals surface area contributed by atoms with Crippen molar-refractivity contribution in [1.82, 2.24) is 0 Å². The third kappa shape index (κ3) is 5.43. The smallest absolute Gasteiger partial charge is 0.122 e. The van der Waals surface area contributed by atoms with E-state index in [1.807, 2.05) is 0 Å². The SMILES string of the molecule is CCCCCCCOc1ccc(Br)cc1C(C)C. The first-order valence-electron chi connectivity index (χ1n) is 7.07. The maximum Gasteiger partial charge on any atom is 0.122 e. The average molecular weight is 313 g/mol. The van der Waals surface area contributed by atoms with Crippen LogP contribution in [0.5, 0.6) is 5.75 Å². The zero-order valence-electron chi connectivity index (χ0n) is 11.8. The van der Waals surface area contributed by atoms with Crippen molar-refractivity contribution in [2.75, 3.05) is 6.61 Å². The van der Waals surface area contributed by atoms with Crippen LogP contribution < -0.4 is 4.74 Å². The first-order valence-corrected chi connectivity index (χ1v) is 7.86. The Morgan fingerprint density at radius 1 is 1.11 bits per heavy atom. The lowest BCUT2D eigenvalue weighted by molar-refractivity contribution is 0.300. The molecule has 0 radical (unpaired) electrons. The molecule has 0 aliphatic carbocycles. The van der Waals surface area contributed by atoms with Gasteiger partial charge in [0.25, 0.3) is 0 Å². The minimum absolute atomic E-state index is 0.498. The quantitative estimate of drug-likeness (QED) is 0.541. The Balaban J connectivity index is 2.42. The van der Waals surface area contributed by atoms with Crippen molar-refractivity contribution in [2.45, 2.75) is 58.8 Å². The van der Waals surface area contributed by atoms with Gasteiger partial charge in [0.1, 0.15) is 5.75 Å². The number of unbranched alkanes of at least 4 members (excludes halogenated alkanes) is 4. The summed E-state index contributed by atoms with van der Waals surface area (Å²) in [5.41, 5.74) is 1.29. The lowest BCUT2D eigenvalue weighted by atomic mass is 10.0. The van der Waals surface area contributed by atoms with Crippen molar-refractivity contribution < 1.29 is 4.74 Å². The van der Waals surface area contributed by atoms with Gasteiger partial charge >= 0.3 is 0 Å². The van der Waals surface area contributed by atoms with Crippen LogP contribution in [0, 0.1) is 0 Å². The predicted octanol–water partition coefficient (Wildman–Crippen LogP) is 5.92. The molecule has 0 aliphatic rings. The molecule has 1 nitrogen and oxygen atoms in total. The van der Waals surface area contributed by atoms with Crippen LogP contribution in [0.25, 0.3) is 0 Å². The van der Waals surface area contributed by atoms with Crippen molar-refractivity contribution >= 4 is 15.9 Å². The molecule has 0 amide bonds. The van der Waals surface area contributed by atoms with E-state index in [-0.39, 0.29) is 0 Å². The van der Waals surface area contributed by atoms with Gasteiger partial charge in [0.2, 0.25) is 0 Å². The molecular weight excluding hydrogens is 288 g/mol. The average Bonchev–Trinajstić information content (AvgIpc) is 2.35. The van der Waals surface area contributed by atoms with E-state index in [1.165, 1.54) is 31.2 Å². The Bertz CT molecular complexity index is 347. The largest absolute Gasteiger partial charge is 0.493 e. The van der Waals surface area contributed by atoms with E-state index in [2.05, 4.69) is 54.9 Å². The summed E-state index contributed by atoms with van der Waals surface area (Å²) in [6.45, 7) is 7.49. The summed E-state index contributed by atoms with van der Waals surface area (Å²) in [5, 5.41) is 0. The number of halogens is 1. The Kier molecular flexibility index (Phi) is 7.41. The van der Waals surface area contributed by atoms with Gasteiger partial charge in [-0.3, -0.25) is 0 Å². The first-order chi connectivity index (χ1) is 8.65. The third-order valence-corrected chi connectivity index (χ3v) is 3.59. The normalized spacial score (nSPS) is 10.9. The number of hydrogen-bond donors (Lipinski definition) is 0. The summed E-state index contributed by atoms with van der Waals surface area (Å²) in [6.07, 6.45) is 6.41. The Labute approximate surface area is 120 Å². The molecule has 0 fully saturated rings. The Morgan fingerprint density at radius 3 is 2.50 bits per heavy atom. The Morgan fingerprint density at radius 2 is 1.83 bits per heavy atom. The molecule has 0 N–H and O–H groups in total. The number of hydrogen-bond acceptors (Lipinski definition) is 1. The number of rotatable bonds is 8. The fraction of sp³-hybridized carbons (Fsp3) is 0.625. The van der Waals surface area contributed by atoms with Gasteiger partial charge in [-0.05, 0) is 36.1 Å². The highest BCUT2D eigenvalue weighted by Gasteiger charge is 2.08. The summed E-state index contributed by atoms with van der Waals surface area (Å²) in [6, 6.07) is 6.29. The van der Waals surface area contributed by atoms with Crippen LogP contribution in [0.1, 0.15) is 64.4 Å². The Hall–Kier alpha value is -0.500. The molecule has 0 saturated heterocycles. The lowest BCUT2D eigenvalue weighted by Crippen LogP contribution is -2.01. The molecule has 0 saturated carbocycles. The van der Waals surface area contributed by atoms with Crippen molar-refractivity contribution in [3.05, 3.63) is 28.2 Å². The summed E-state index contributed by atoms with van der Waals surface area (Å²) in [7, 11) is 0. The minimum Gasteiger partial charge on any atom is -0.493 e. The molecule has 1 aromatic carbocycles. The molecule has 0 heterocycles. The van der Waals surface area contributed by atoms with E-state index in [0.29, 0.717) is 5.92 Å². The highest BCUT2D eigenvalue weighted by atomic mass is 79.9. The maximum atomic E-state index is 5.91. The van der Waals surface area contributed by atoms with E-state index in [4.69, 9.17) is 4.74 Å². The van der Waals surface area contributed by atoms with Gasteiger partial charge in [-0.2, -0.15) is 0 Å². The van der Waals surface area contributed by atoms with Crippen molar-refractivity contribution in [2.24, 2.45) is 0 Å². The van der Waals surface area contributed by atoms with Crippen LogP contribution in [0.3, 0.4) is 0 Å². The van der Waals surface area contributed by atoms with Crippen molar-refractivity contribution in [3.63, 3.8) is 0 Å². The summed E-state index contributed by atoms with van der Waals surface area (Å²) >= 11 is 3.52. The monoisotopic (exact) mass is 312 g/mol. The first kappa shape index (κ1) is 15.6. The van der Waals surface area contributed by atoms with Crippen LogP contribution in [-0.2, 0) is 0 Å². The van der Waals surface area contributed by atoms with E-state index >= 15 is 0 Å². The minimum atomic E-state index is 0.498. The van der Waals surface area contributed by atoms with E-state index in [9.17, 15) is 0 Å². The highest BCUT2D eigenvalue weighted by molar-refractivity contribution is 9.10. The zero-order valence-corrected chi connectivity index (χ0v) is 13.4. The van der Waals surface area contributed by atoms with E-state index < -0.39 is 0 Å². The van der Waals surface area contributed by atoms with Gasteiger partial charge < -0.3 is 4.74 Å². The molecule has 102 valence electrons. The predicted molar refractivity (Wildman–Crippen MR) is 82.5 cm³/mol. The van der Waals surface area contributed by atoms with Gasteiger partial charge in [-0.1, -0.05) is 62.4 Å². The van der Waals surface area contributed by atoms with Gasteiger partial charge in [0, 0.05) is 4.47 Å². The third-order valence-electron chi connectivity index (χ3n) is 3.10. The molecule has 1 rings (SSSR count). The fourth-order valence-corrected chi connectivity index (χ4v) is 2.37. The van der Waals surface area contributed by atoms with Crippen LogP contribution >= 0.6 is 15.9 Å². The molecule has 18 heavy (non-hydrogen) atoms. The van der Waals surface area contributed by atoms with Crippen LogP contribution in [0.15, 0.2) is 22.7 Å². The molecule has 0 bridgehead atoms. The van der Waals surface area contributed by atoms with Crippen molar-refractivity contribution in [3.8, 4) is 5.75 Å². The highest BCUT2D eigenvalue weighted by Crippen LogP contribution is 2.29. The topological polar surface area (TPSA) is 9.23 Å². The summed E-state index contributed by atoms with van der Waals surface area (Å²) < 4.78 is 7.04. The lowest BCUT2D eigenvalue weighted by Gasteiger charge is -2.14. The van der Waals surface area contributed by atoms with Crippen LogP contribution in [0.4, 0.5) is 0 Å². The van der Waals surface area contributed by atoms with Crippen LogP contribution in [-0.4, -0.2) is 6.61 Å². The van der Waals surface area contributed by atoms with E-state index in [0.717, 1.165) is 23.2 Å². The molecule has 0 atom stereocenters. The van der Waals surface area contributed by atoms with Gasteiger partial charge in [0.05, 0.1) is 6.61 Å². The molecule has 1 aromatic rings. The standard InChI is InChI=1S/C16H25BrO/c1-4-5-6-7-8-11-18-16-10-9-14(17)12-15(16)13(2)3/h9-10,12-13H,4-8,11H2,1-3H3. The molecule has 0 aromatic heterocycles. The number of ether oxygens (including phenoxy) is 1. The second kappa shape index (κ2) is 8.58. The second-order valence-corrected chi connectivity index (χ2v) is 6.02. The van der Waals surface area contributed by atoms with Gasteiger partial charge in [-0.15, -0.1) is 0 Å². The molecule has 0 spiro atoms. The maximum absolute atomic E-state index is 5.91. The van der Waals surface area contributed by atoms with Gasteiger partial charge in [0.15, 0.2) is 0 Å². The number of benzene rings is 1.